The number of rotatable bonds is 3. The molecule has 29 heavy (non-hydrogen) atoms. The molecule has 0 bridgehead atoms. The predicted molar refractivity (Wildman–Crippen MR) is 112 cm³/mol. The van der Waals surface area contributed by atoms with Crippen LogP contribution in [0.15, 0.2) is 48.5 Å². The van der Waals surface area contributed by atoms with Crippen molar-refractivity contribution in [3.8, 4) is 0 Å². The molecule has 1 fully saturated rings. The largest absolute Gasteiger partial charge is 0.378 e. The molecular formula is C23H23N3O3. The molecule has 2 heterocycles. The fourth-order valence-electron chi connectivity index (χ4n) is 3.50. The third kappa shape index (κ3) is 4.12. The van der Waals surface area contributed by atoms with Crippen LogP contribution >= 0.6 is 0 Å². The number of carbonyl (C=O) groups excluding carboxylic acids is 2. The lowest BCUT2D eigenvalue weighted by Crippen LogP contribution is -2.40. The summed E-state index contributed by atoms with van der Waals surface area (Å²) in [5, 5.41) is 3.83. The third-order valence-electron chi connectivity index (χ3n) is 5.07. The van der Waals surface area contributed by atoms with Gasteiger partial charge < -0.3 is 15.0 Å². The van der Waals surface area contributed by atoms with E-state index in [-0.39, 0.29) is 11.8 Å². The van der Waals surface area contributed by atoms with Gasteiger partial charge in [0.25, 0.3) is 11.8 Å². The smallest absolute Gasteiger partial charge is 0.257 e. The SMILES string of the molecule is Cc1ccc2nc(C)c(C(=O)Nc3cccc(C(=O)N4CCOCC4)c3)cc2c1. The van der Waals surface area contributed by atoms with E-state index in [1.165, 1.54) is 0 Å². The van der Waals surface area contributed by atoms with E-state index in [1.807, 2.05) is 38.1 Å². The molecule has 0 radical (unpaired) electrons. The number of nitrogens with zero attached hydrogens (tertiary/aromatic N) is 2. The van der Waals surface area contributed by atoms with Gasteiger partial charge in [0.2, 0.25) is 0 Å². The van der Waals surface area contributed by atoms with Crippen molar-refractivity contribution in [3.63, 3.8) is 0 Å². The van der Waals surface area contributed by atoms with Gasteiger partial charge in [-0.15, -0.1) is 0 Å². The minimum Gasteiger partial charge on any atom is -0.378 e. The maximum atomic E-state index is 12.9. The summed E-state index contributed by atoms with van der Waals surface area (Å²) in [4.78, 5) is 31.9. The number of pyridine rings is 1. The summed E-state index contributed by atoms with van der Waals surface area (Å²) in [6, 6.07) is 14.9. The number of fused-ring (bicyclic) bond motifs is 1. The zero-order valence-electron chi connectivity index (χ0n) is 16.6. The Morgan fingerprint density at radius 2 is 1.83 bits per heavy atom. The first kappa shape index (κ1) is 19.1. The fraction of sp³-hybridized carbons (Fsp3) is 0.261. The van der Waals surface area contributed by atoms with Crippen LogP contribution in [0.4, 0.5) is 5.69 Å². The number of hydrogen-bond donors (Lipinski definition) is 1. The molecule has 1 saturated heterocycles. The number of aryl methyl sites for hydroxylation is 2. The van der Waals surface area contributed by atoms with Gasteiger partial charge in [-0.25, -0.2) is 0 Å². The van der Waals surface area contributed by atoms with Crippen LogP contribution < -0.4 is 5.32 Å². The zero-order valence-corrected chi connectivity index (χ0v) is 16.6. The van der Waals surface area contributed by atoms with E-state index >= 15 is 0 Å². The summed E-state index contributed by atoms with van der Waals surface area (Å²) >= 11 is 0. The Balaban J connectivity index is 1.56. The maximum absolute atomic E-state index is 12.9. The maximum Gasteiger partial charge on any atom is 0.257 e. The van der Waals surface area contributed by atoms with E-state index < -0.39 is 0 Å². The van der Waals surface area contributed by atoms with Crippen molar-refractivity contribution in [2.45, 2.75) is 13.8 Å². The number of anilines is 1. The van der Waals surface area contributed by atoms with Gasteiger partial charge in [-0.3, -0.25) is 14.6 Å². The van der Waals surface area contributed by atoms with E-state index in [4.69, 9.17) is 4.74 Å². The van der Waals surface area contributed by atoms with Gasteiger partial charge >= 0.3 is 0 Å². The van der Waals surface area contributed by atoms with Crippen LogP contribution in [-0.2, 0) is 4.74 Å². The van der Waals surface area contributed by atoms with Gasteiger partial charge in [0.1, 0.15) is 0 Å². The molecule has 0 atom stereocenters. The lowest BCUT2D eigenvalue weighted by atomic mass is 10.1. The summed E-state index contributed by atoms with van der Waals surface area (Å²) in [5.74, 6) is -0.294. The quantitative estimate of drug-likeness (QED) is 0.743. The summed E-state index contributed by atoms with van der Waals surface area (Å²) in [5.41, 5.74) is 4.30. The van der Waals surface area contributed by atoms with Gasteiger partial charge in [0.05, 0.1) is 30.0 Å². The van der Waals surface area contributed by atoms with Crippen molar-refractivity contribution in [3.05, 3.63) is 70.9 Å². The van der Waals surface area contributed by atoms with Crippen molar-refractivity contribution in [2.75, 3.05) is 31.6 Å². The monoisotopic (exact) mass is 389 g/mol. The molecule has 0 unspecified atom stereocenters. The normalized spacial score (nSPS) is 14.1. The van der Waals surface area contributed by atoms with E-state index in [0.717, 1.165) is 16.5 Å². The summed E-state index contributed by atoms with van der Waals surface area (Å²) in [6.45, 7) is 6.10. The van der Waals surface area contributed by atoms with Gasteiger partial charge in [0, 0.05) is 29.7 Å². The molecule has 6 heteroatoms. The average Bonchev–Trinajstić information content (AvgIpc) is 2.73. The Labute approximate surface area is 169 Å². The molecule has 1 aliphatic rings. The number of amides is 2. The molecule has 6 nitrogen and oxygen atoms in total. The first-order valence-corrected chi connectivity index (χ1v) is 9.68. The number of ether oxygens (including phenoxy) is 1. The number of aromatic nitrogens is 1. The summed E-state index contributed by atoms with van der Waals surface area (Å²) < 4.78 is 5.30. The second-order valence-corrected chi connectivity index (χ2v) is 7.26. The highest BCUT2D eigenvalue weighted by Crippen LogP contribution is 2.20. The molecule has 2 amide bonds. The zero-order chi connectivity index (χ0) is 20.4. The highest BCUT2D eigenvalue weighted by Gasteiger charge is 2.19. The van der Waals surface area contributed by atoms with E-state index in [2.05, 4.69) is 10.3 Å². The van der Waals surface area contributed by atoms with Gasteiger partial charge in [-0.1, -0.05) is 17.7 Å². The van der Waals surface area contributed by atoms with Gasteiger partial charge in [-0.2, -0.15) is 0 Å². The van der Waals surface area contributed by atoms with E-state index in [1.54, 1.807) is 29.2 Å². The molecule has 1 aromatic heterocycles. The topological polar surface area (TPSA) is 71.5 Å². The molecule has 1 aliphatic heterocycles. The predicted octanol–water partition coefficient (Wildman–Crippen LogP) is 3.58. The van der Waals surface area contributed by atoms with Crippen molar-refractivity contribution >= 4 is 28.4 Å². The first-order chi connectivity index (χ1) is 14.0. The van der Waals surface area contributed by atoms with Crippen LogP contribution in [0, 0.1) is 13.8 Å². The average molecular weight is 389 g/mol. The summed E-state index contributed by atoms with van der Waals surface area (Å²) in [7, 11) is 0. The Hall–Kier alpha value is -3.25. The molecular weight excluding hydrogens is 366 g/mol. The number of nitrogens with one attached hydrogen (secondary N) is 1. The molecule has 0 spiro atoms. The molecule has 1 N–H and O–H groups in total. The highest BCUT2D eigenvalue weighted by atomic mass is 16.5. The second-order valence-electron chi connectivity index (χ2n) is 7.26. The highest BCUT2D eigenvalue weighted by molar-refractivity contribution is 6.07. The first-order valence-electron chi connectivity index (χ1n) is 9.68. The Bertz CT molecular complexity index is 1090. The molecule has 0 saturated carbocycles. The van der Waals surface area contributed by atoms with Crippen molar-refractivity contribution in [1.29, 1.82) is 0 Å². The number of carbonyl (C=O) groups is 2. The van der Waals surface area contributed by atoms with E-state index in [0.29, 0.717) is 48.8 Å². The Morgan fingerprint density at radius 1 is 1.03 bits per heavy atom. The standard InChI is InChI=1S/C23H23N3O3/c1-15-6-7-21-18(12-15)14-20(16(2)24-21)22(27)25-19-5-3-4-17(13-19)23(28)26-8-10-29-11-9-26/h3-7,12-14H,8-11H2,1-2H3,(H,25,27). The van der Waals surface area contributed by atoms with Gasteiger partial charge in [0.15, 0.2) is 0 Å². The molecule has 2 aromatic carbocycles. The van der Waals surface area contributed by atoms with Crippen LogP contribution in [0.3, 0.4) is 0 Å². The van der Waals surface area contributed by atoms with Crippen molar-refractivity contribution < 1.29 is 14.3 Å². The van der Waals surface area contributed by atoms with Crippen molar-refractivity contribution in [2.24, 2.45) is 0 Å². The molecule has 3 aromatic rings. The van der Waals surface area contributed by atoms with E-state index in [9.17, 15) is 9.59 Å². The number of hydrogen-bond acceptors (Lipinski definition) is 4. The van der Waals surface area contributed by atoms with Crippen LogP contribution in [0.5, 0.6) is 0 Å². The Kier molecular flexibility index (Phi) is 5.27. The van der Waals surface area contributed by atoms with Crippen molar-refractivity contribution in [1.82, 2.24) is 9.88 Å². The van der Waals surface area contributed by atoms with Gasteiger partial charge in [-0.05, 0) is 50.2 Å². The van der Waals surface area contributed by atoms with Crippen LogP contribution in [-0.4, -0.2) is 48.0 Å². The minimum absolute atomic E-state index is 0.0524. The second kappa shape index (κ2) is 8.01. The third-order valence-corrected chi connectivity index (χ3v) is 5.07. The molecule has 4 rings (SSSR count). The molecule has 148 valence electrons. The number of benzene rings is 2. The van der Waals surface area contributed by atoms with Crippen LogP contribution in [0.1, 0.15) is 32.0 Å². The fourth-order valence-corrected chi connectivity index (χ4v) is 3.50. The van der Waals surface area contributed by atoms with Crippen LogP contribution in [0.25, 0.3) is 10.9 Å². The van der Waals surface area contributed by atoms with Crippen LogP contribution in [0.2, 0.25) is 0 Å². The number of morpholine rings is 1. The lowest BCUT2D eigenvalue weighted by molar-refractivity contribution is 0.0303. The molecule has 0 aliphatic carbocycles. The summed E-state index contributed by atoms with van der Waals surface area (Å²) in [6.07, 6.45) is 0. The lowest BCUT2D eigenvalue weighted by Gasteiger charge is -2.27. The minimum atomic E-state index is -0.241. The Morgan fingerprint density at radius 3 is 2.62 bits per heavy atom.